The second-order valence-electron chi connectivity index (χ2n) is 5.44. The van der Waals surface area contributed by atoms with Gasteiger partial charge in [0, 0.05) is 41.3 Å². The Morgan fingerprint density at radius 2 is 2.33 bits per heavy atom. The highest BCUT2D eigenvalue weighted by Crippen LogP contribution is 2.11. The predicted octanol–water partition coefficient (Wildman–Crippen LogP) is 0.330. The van der Waals surface area contributed by atoms with E-state index in [4.69, 9.17) is 4.74 Å². The topological polar surface area (TPSA) is 66.7 Å². The SMILES string of the molecule is CN=C(NCc1cnc(N(C)C)n1C)NCC1CCCO1. The molecule has 0 saturated carbocycles. The summed E-state index contributed by atoms with van der Waals surface area (Å²) >= 11 is 0. The summed E-state index contributed by atoms with van der Waals surface area (Å²) in [6.07, 6.45) is 4.47. The average molecular weight is 294 g/mol. The normalized spacial score (nSPS) is 18.9. The summed E-state index contributed by atoms with van der Waals surface area (Å²) in [5.41, 5.74) is 1.11. The van der Waals surface area contributed by atoms with Crippen molar-refractivity contribution in [3.8, 4) is 0 Å². The van der Waals surface area contributed by atoms with Crippen LogP contribution in [0.5, 0.6) is 0 Å². The molecule has 0 aliphatic carbocycles. The first-order valence-corrected chi connectivity index (χ1v) is 7.36. The van der Waals surface area contributed by atoms with Crippen LogP contribution < -0.4 is 15.5 Å². The number of aromatic nitrogens is 2. The van der Waals surface area contributed by atoms with Gasteiger partial charge in [0.2, 0.25) is 5.95 Å². The third-order valence-electron chi connectivity index (χ3n) is 3.64. The molecule has 2 rings (SSSR count). The van der Waals surface area contributed by atoms with Gasteiger partial charge in [0.1, 0.15) is 0 Å². The van der Waals surface area contributed by atoms with E-state index in [0.29, 0.717) is 12.6 Å². The second-order valence-corrected chi connectivity index (χ2v) is 5.44. The summed E-state index contributed by atoms with van der Waals surface area (Å²) in [4.78, 5) is 10.6. The molecule has 0 radical (unpaired) electrons. The molecule has 0 bridgehead atoms. The van der Waals surface area contributed by atoms with Gasteiger partial charge in [-0.1, -0.05) is 0 Å². The van der Waals surface area contributed by atoms with Crippen LogP contribution in [-0.4, -0.2) is 55.9 Å². The molecule has 0 spiro atoms. The highest BCUT2D eigenvalue weighted by atomic mass is 16.5. The number of hydrogen-bond donors (Lipinski definition) is 2. The zero-order chi connectivity index (χ0) is 15.2. The molecule has 1 aromatic heterocycles. The molecule has 7 nitrogen and oxygen atoms in total. The molecule has 1 aliphatic heterocycles. The fraction of sp³-hybridized carbons (Fsp3) is 0.714. The fourth-order valence-corrected chi connectivity index (χ4v) is 2.42. The minimum Gasteiger partial charge on any atom is -0.376 e. The molecule has 1 aliphatic rings. The lowest BCUT2D eigenvalue weighted by Crippen LogP contribution is -2.40. The summed E-state index contributed by atoms with van der Waals surface area (Å²) in [5, 5.41) is 6.61. The zero-order valence-electron chi connectivity index (χ0n) is 13.4. The van der Waals surface area contributed by atoms with E-state index in [1.165, 1.54) is 0 Å². The lowest BCUT2D eigenvalue weighted by Gasteiger charge is -2.16. The van der Waals surface area contributed by atoms with Crippen molar-refractivity contribution in [2.75, 3.05) is 39.2 Å². The number of ether oxygens (including phenoxy) is 1. The smallest absolute Gasteiger partial charge is 0.204 e. The van der Waals surface area contributed by atoms with Crippen LogP contribution in [0.15, 0.2) is 11.2 Å². The molecule has 1 atom stereocenters. The molecule has 2 N–H and O–H groups in total. The number of rotatable bonds is 5. The Morgan fingerprint density at radius 3 is 2.90 bits per heavy atom. The van der Waals surface area contributed by atoms with Crippen molar-refractivity contribution in [3.05, 3.63) is 11.9 Å². The molecule has 0 amide bonds. The van der Waals surface area contributed by atoms with E-state index in [0.717, 1.165) is 43.6 Å². The number of aliphatic imine (C=N–C) groups is 1. The molecule has 1 fully saturated rings. The van der Waals surface area contributed by atoms with Crippen LogP contribution >= 0.6 is 0 Å². The van der Waals surface area contributed by atoms with Crippen LogP contribution in [0.1, 0.15) is 18.5 Å². The number of imidazole rings is 1. The van der Waals surface area contributed by atoms with Crippen LogP contribution in [-0.2, 0) is 18.3 Å². The standard InChI is InChI=1S/C14H26N6O/c1-15-13(17-10-12-6-5-7-21-12)16-8-11-9-18-14(19(2)3)20(11)4/h9,12H,5-8,10H2,1-4H3,(H2,15,16,17). The summed E-state index contributed by atoms with van der Waals surface area (Å²) in [7, 11) is 7.77. The maximum Gasteiger partial charge on any atom is 0.204 e. The van der Waals surface area contributed by atoms with Gasteiger partial charge in [-0.15, -0.1) is 0 Å². The fourth-order valence-electron chi connectivity index (χ4n) is 2.42. The highest BCUT2D eigenvalue weighted by molar-refractivity contribution is 5.79. The summed E-state index contributed by atoms with van der Waals surface area (Å²) in [5.74, 6) is 1.73. The Bertz CT molecular complexity index is 476. The largest absolute Gasteiger partial charge is 0.376 e. The monoisotopic (exact) mass is 294 g/mol. The van der Waals surface area contributed by atoms with Crippen LogP contribution in [0, 0.1) is 0 Å². The molecule has 1 unspecified atom stereocenters. The number of nitrogens with one attached hydrogen (secondary N) is 2. The summed E-state index contributed by atoms with van der Waals surface area (Å²) in [6, 6.07) is 0. The molecule has 118 valence electrons. The zero-order valence-corrected chi connectivity index (χ0v) is 13.4. The first-order chi connectivity index (χ1) is 10.1. The van der Waals surface area contributed by atoms with Gasteiger partial charge in [0.15, 0.2) is 5.96 Å². The van der Waals surface area contributed by atoms with Crippen LogP contribution in [0.4, 0.5) is 5.95 Å². The highest BCUT2D eigenvalue weighted by Gasteiger charge is 2.15. The van der Waals surface area contributed by atoms with Crippen molar-refractivity contribution in [1.82, 2.24) is 20.2 Å². The quantitative estimate of drug-likeness (QED) is 0.605. The molecule has 21 heavy (non-hydrogen) atoms. The van der Waals surface area contributed by atoms with E-state index in [1.54, 1.807) is 7.05 Å². The van der Waals surface area contributed by atoms with Crippen molar-refractivity contribution < 1.29 is 4.74 Å². The van der Waals surface area contributed by atoms with Gasteiger partial charge >= 0.3 is 0 Å². The van der Waals surface area contributed by atoms with Crippen LogP contribution in [0.2, 0.25) is 0 Å². The molecular weight excluding hydrogens is 268 g/mol. The Balaban J connectivity index is 1.82. The lowest BCUT2D eigenvalue weighted by atomic mass is 10.2. The van der Waals surface area contributed by atoms with Gasteiger partial charge in [-0.2, -0.15) is 0 Å². The first-order valence-electron chi connectivity index (χ1n) is 7.36. The summed E-state index contributed by atoms with van der Waals surface area (Å²) in [6.45, 7) is 2.36. The molecule has 7 heteroatoms. The van der Waals surface area contributed by atoms with E-state index in [-0.39, 0.29) is 0 Å². The van der Waals surface area contributed by atoms with E-state index >= 15 is 0 Å². The van der Waals surface area contributed by atoms with Gasteiger partial charge in [0.05, 0.1) is 24.5 Å². The van der Waals surface area contributed by atoms with E-state index in [9.17, 15) is 0 Å². The number of hydrogen-bond acceptors (Lipinski definition) is 4. The van der Waals surface area contributed by atoms with Gasteiger partial charge in [-0.25, -0.2) is 4.98 Å². The van der Waals surface area contributed by atoms with Crippen molar-refractivity contribution in [3.63, 3.8) is 0 Å². The number of nitrogens with zero attached hydrogens (tertiary/aromatic N) is 4. The van der Waals surface area contributed by atoms with Gasteiger partial charge in [-0.3, -0.25) is 4.99 Å². The van der Waals surface area contributed by atoms with Crippen LogP contribution in [0.3, 0.4) is 0 Å². The van der Waals surface area contributed by atoms with E-state index < -0.39 is 0 Å². The van der Waals surface area contributed by atoms with Crippen LogP contribution in [0.25, 0.3) is 0 Å². The average Bonchev–Trinajstić information content (AvgIpc) is 3.09. The third-order valence-corrected chi connectivity index (χ3v) is 3.64. The Morgan fingerprint density at radius 1 is 1.52 bits per heavy atom. The Kier molecular flexibility index (Phi) is 5.44. The van der Waals surface area contributed by atoms with Crippen molar-refractivity contribution in [2.24, 2.45) is 12.0 Å². The molecule has 2 heterocycles. The minimum atomic E-state index is 0.306. The van der Waals surface area contributed by atoms with Gasteiger partial charge < -0.3 is 24.8 Å². The molecule has 1 aromatic rings. The lowest BCUT2D eigenvalue weighted by molar-refractivity contribution is 0.114. The summed E-state index contributed by atoms with van der Waals surface area (Å²) < 4.78 is 7.66. The Hall–Kier alpha value is -1.76. The number of guanidine groups is 1. The predicted molar refractivity (Wildman–Crippen MR) is 84.7 cm³/mol. The second kappa shape index (κ2) is 7.31. The molecule has 0 aromatic carbocycles. The van der Waals surface area contributed by atoms with Gasteiger partial charge in [0.25, 0.3) is 0 Å². The Labute approximate surface area is 126 Å². The van der Waals surface area contributed by atoms with E-state index in [2.05, 4.69) is 25.2 Å². The minimum absolute atomic E-state index is 0.306. The van der Waals surface area contributed by atoms with Crippen molar-refractivity contribution in [1.29, 1.82) is 0 Å². The first kappa shape index (κ1) is 15.6. The third kappa shape index (κ3) is 4.10. The number of anilines is 1. The van der Waals surface area contributed by atoms with Gasteiger partial charge in [-0.05, 0) is 12.8 Å². The molecular formula is C14H26N6O. The molecule has 1 saturated heterocycles. The van der Waals surface area contributed by atoms with Crippen molar-refractivity contribution in [2.45, 2.75) is 25.5 Å². The van der Waals surface area contributed by atoms with Crippen molar-refractivity contribution >= 4 is 11.9 Å². The maximum absolute atomic E-state index is 5.59. The van der Waals surface area contributed by atoms with E-state index in [1.807, 2.05) is 32.2 Å². The maximum atomic E-state index is 5.59.